The lowest BCUT2D eigenvalue weighted by Gasteiger charge is -2.15. The second-order valence-corrected chi connectivity index (χ2v) is 4.82. The highest BCUT2D eigenvalue weighted by Gasteiger charge is 2.05. The summed E-state index contributed by atoms with van der Waals surface area (Å²) in [7, 11) is 0. The smallest absolute Gasteiger partial charge is 0.0315 e. The van der Waals surface area contributed by atoms with Crippen LogP contribution < -0.4 is 5.32 Å². The van der Waals surface area contributed by atoms with Crippen molar-refractivity contribution in [2.24, 2.45) is 0 Å². The minimum absolute atomic E-state index is 0.352. The van der Waals surface area contributed by atoms with Crippen molar-refractivity contribution < 1.29 is 0 Å². The molecule has 0 radical (unpaired) electrons. The monoisotopic (exact) mass is 240 g/mol. The van der Waals surface area contributed by atoms with Crippen LogP contribution in [-0.2, 0) is 6.54 Å². The van der Waals surface area contributed by atoms with E-state index in [0.29, 0.717) is 6.04 Å². The number of benzene rings is 1. The fourth-order valence-electron chi connectivity index (χ4n) is 1.92. The highest BCUT2D eigenvalue weighted by molar-refractivity contribution is 5.25. The maximum atomic E-state index is 4.17. The quantitative estimate of drug-likeness (QED) is 0.884. The van der Waals surface area contributed by atoms with Gasteiger partial charge in [-0.05, 0) is 43.5 Å². The summed E-state index contributed by atoms with van der Waals surface area (Å²) >= 11 is 0. The predicted molar refractivity (Wildman–Crippen MR) is 75.4 cm³/mol. The van der Waals surface area contributed by atoms with E-state index in [0.717, 1.165) is 6.54 Å². The van der Waals surface area contributed by atoms with Gasteiger partial charge in [0.2, 0.25) is 0 Å². The molecule has 1 heterocycles. The zero-order valence-corrected chi connectivity index (χ0v) is 11.3. The molecule has 0 aliphatic rings. The Kier molecular flexibility index (Phi) is 4.11. The molecule has 0 amide bonds. The number of nitrogens with one attached hydrogen (secondary N) is 1. The van der Waals surface area contributed by atoms with Crippen LogP contribution in [0.4, 0.5) is 0 Å². The number of pyridine rings is 1. The Morgan fingerprint density at radius 2 is 1.83 bits per heavy atom. The van der Waals surface area contributed by atoms with Crippen LogP contribution in [0.25, 0.3) is 0 Å². The lowest BCUT2D eigenvalue weighted by Crippen LogP contribution is -2.18. The van der Waals surface area contributed by atoms with Crippen molar-refractivity contribution in [2.75, 3.05) is 0 Å². The first-order valence-electron chi connectivity index (χ1n) is 6.36. The van der Waals surface area contributed by atoms with Crippen molar-refractivity contribution in [1.82, 2.24) is 10.3 Å². The zero-order chi connectivity index (χ0) is 13.0. The molecule has 0 aliphatic heterocycles. The molecular weight excluding hydrogens is 220 g/mol. The van der Waals surface area contributed by atoms with Gasteiger partial charge >= 0.3 is 0 Å². The summed E-state index contributed by atoms with van der Waals surface area (Å²) in [5.74, 6) is 0. The second-order valence-electron chi connectivity index (χ2n) is 4.82. The lowest BCUT2D eigenvalue weighted by molar-refractivity contribution is 0.572. The number of hydrogen-bond acceptors (Lipinski definition) is 2. The Morgan fingerprint density at radius 1 is 1.11 bits per heavy atom. The summed E-state index contributed by atoms with van der Waals surface area (Å²) in [6, 6.07) is 11.1. The molecule has 0 unspecified atom stereocenters. The molecule has 2 aromatic rings. The third kappa shape index (κ3) is 3.17. The highest BCUT2D eigenvalue weighted by atomic mass is 14.9. The van der Waals surface area contributed by atoms with Gasteiger partial charge in [0.25, 0.3) is 0 Å². The molecule has 2 nitrogen and oxygen atoms in total. The van der Waals surface area contributed by atoms with Crippen LogP contribution in [0.15, 0.2) is 42.7 Å². The molecule has 2 rings (SSSR count). The maximum Gasteiger partial charge on any atom is 0.0315 e. The lowest BCUT2D eigenvalue weighted by atomic mass is 10.1. The minimum Gasteiger partial charge on any atom is -0.306 e. The van der Waals surface area contributed by atoms with Crippen molar-refractivity contribution in [2.45, 2.75) is 33.4 Å². The number of rotatable bonds is 4. The van der Waals surface area contributed by atoms with Gasteiger partial charge in [-0.3, -0.25) is 4.98 Å². The third-order valence-electron chi connectivity index (χ3n) is 3.32. The fourth-order valence-corrected chi connectivity index (χ4v) is 1.92. The van der Waals surface area contributed by atoms with Crippen LogP contribution in [0.2, 0.25) is 0 Å². The fraction of sp³-hybridized carbons (Fsp3) is 0.312. The van der Waals surface area contributed by atoms with Gasteiger partial charge in [-0.15, -0.1) is 0 Å². The Balaban J connectivity index is 1.98. The SMILES string of the molecule is Cc1ccc([C@@H](C)NCc2cnccc2C)cc1. The van der Waals surface area contributed by atoms with Crippen LogP contribution >= 0.6 is 0 Å². The first kappa shape index (κ1) is 12.8. The predicted octanol–water partition coefficient (Wildman–Crippen LogP) is 3.55. The van der Waals surface area contributed by atoms with Crippen molar-refractivity contribution >= 4 is 0 Å². The normalized spacial score (nSPS) is 12.4. The zero-order valence-electron chi connectivity index (χ0n) is 11.3. The topological polar surface area (TPSA) is 24.9 Å². The Hall–Kier alpha value is -1.67. The molecule has 2 heteroatoms. The molecule has 0 fully saturated rings. The summed E-state index contributed by atoms with van der Waals surface area (Å²) < 4.78 is 0. The highest BCUT2D eigenvalue weighted by Crippen LogP contribution is 2.14. The standard InChI is InChI=1S/C16H20N2/c1-12-4-6-15(7-5-12)14(3)18-11-16-10-17-9-8-13(16)2/h4-10,14,18H,11H2,1-3H3/t14-/m1/s1. The van der Waals surface area contributed by atoms with Crippen LogP contribution in [0.1, 0.15) is 35.2 Å². The van der Waals surface area contributed by atoms with E-state index in [9.17, 15) is 0 Å². The van der Waals surface area contributed by atoms with Gasteiger partial charge in [-0.2, -0.15) is 0 Å². The van der Waals surface area contributed by atoms with Gasteiger partial charge in [0.15, 0.2) is 0 Å². The summed E-state index contributed by atoms with van der Waals surface area (Å²) in [4.78, 5) is 4.17. The molecule has 18 heavy (non-hydrogen) atoms. The van der Waals surface area contributed by atoms with Crippen molar-refractivity contribution in [3.05, 3.63) is 65.0 Å². The Morgan fingerprint density at radius 3 is 2.50 bits per heavy atom. The van der Waals surface area contributed by atoms with E-state index in [-0.39, 0.29) is 0 Å². The average molecular weight is 240 g/mol. The first-order valence-corrected chi connectivity index (χ1v) is 6.36. The van der Waals surface area contributed by atoms with Crippen LogP contribution in [0, 0.1) is 13.8 Å². The minimum atomic E-state index is 0.352. The van der Waals surface area contributed by atoms with Crippen LogP contribution in [0.3, 0.4) is 0 Å². The summed E-state index contributed by atoms with van der Waals surface area (Å²) in [5.41, 5.74) is 5.17. The number of nitrogens with zero attached hydrogens (tertiary/aromatic N) is 1. The van der Waals surface area contributed by atoms with Crippen molar-refractivity contribution in [3.63, 3.8) is 0 Å². The summed E-state index contributed by atoms with van der Waals surface area (Å²) in [5, 5.41) is 3.54. The second kappa shape index (κ2) is 5.78. The van der Waals surface area contributed by atoms with E-state index in [2.05, 4.69) is 55.3 Å². The van der Waals surface area contributed by atoms with Gasteiger partial charge in [0.1, 0.15) is 0 Å². The van der Waals surface area contributed by atoms with Gasteiger partial charge < -0.3 is 5.32 Å². The van der Waals surface area contributed by atoms with E-state index in [1.165, 1.54) is 22.3 Å². The van der Waals surface area contributed by atoms with Gasteiger partial charge in [-0.25, -0.2) is 0 Å². The molecule has 0 aliphatic carbocycles. The maximum absolute atomic E-state index is 4.17. The summed E-state index contributed by atoms with van der Waals surface area (Å²) in [6.07, 6.45) is 3.77. The molecule has 0 bridgehead atoms. The van der Waals surface area contributed by atoms with Gasteiger partial charge in [-0.1, -0.05) is 29.8 Å². The first-order chi connectivity index (χ1) is 8.66. The van der Waals surface area contributed by atoms with E-state index in [1.54, 1.807) is 0 Å². The van der Waals surface area contributed by atoms with E-state index < -0.39 is 0 Å². The van der Waals surface area contributed by atoms with Crippen LogP contribution in [0.5, 0.6) is 0 Å². The van der Waals surface area contributed by atoms with E-state index in [4.69, 9.17) is 0 Å². The van der Waals surface area contributed by atoms with E-state index >= 15 is 0 Å². The Bertz CT molecular complexity index is 503. The molecule has 1 aromatic carbocycles. The molecule has 1 aromatic heterocycles. The number of hydrogen-bond donors (Lipinski definition) is 1. The third-order valence-corrected chi connectivity index (χ3v) is 3.32. The number of aromatic nitrogens is 1. The average Bonchev–Trinajstić information content (AvgIpc) is 2.38. The Labute approximate surface area is 109 Å². The molecular formula is C16H20N2. The molecule has 1 N–H and O–H groups in total. The molecule has 1 atom stereocenters. The van der Waals surface area contributed by atoms with Crippen LogP contribution in [-0.4, -0.2) is 4.98 Å². The van der Waals surface area contributed by atoms with Gasteiger partial charge in [0, 0.05) is 25.0 Å². The van der Waals surface area contributed by atoms with Crippen molar-refractivity contribution in [1.29, 1.82) is 0 Å². The molecule has 94 valence electrons. The molecule has 0 saturated carbocycles. The summed E-state index contributed by atoms with van der Waals surface area (Å²) in [6.45, 7) is 7.28. The number of aryl methyl sites for hydroxylation is 2. The van der Waals surface area contributed by atoms with Gasteiger partial charge in [0.05, 0.1) is 0 Å². The largest absolute Gasteiger partial charge is 0.306 e. The molecule has 0 saturated heterocycles. The van der Waals surface area contributed by atoms with E-state index in [1.807, 2.05) is 18.5 Å². The van der Waals surface area contributed by atoms with Crippen molar-refractivity contribution in [3.8, 4) is 0 Å². The molecule has 0 spiro atoms.